The van der Waals surface area contributed by atoms with Gasteiger partial charge in [0.15, 0.2) is 0 Å². The fourth-order valence-corrected chi connectivity index (χ4v) is 3.77. The Labute approximate surface area is 351 Å². The molecule has 0 aromatic heterocycles. The number of methoxy groups -OCH3 is 2. The van der Waals surface area contributed by atoms with Crippen molar-refractivity contribution in [3.8, 4) is 0 Å². The predicted octanol–water partition coefficient (Wildman–Crippen LogP) is -7.84. The van der Waals surface area contributed by atoms with Gasteiger partial charge in [-0.05, 0) is 0 Å². The quantitative estimate of drug-likeness (QED) is 0.0832. The first-order valence-electron chi connectivity index (χ1n) is 12.5. The molecule has 0 aromatic carbocycles. The zero-order valence-electron chi connectivity index (χ0n) is 25.2. The van der Waals surface area contributed by atoms with E-state index in [1.165, 1.54) is 14.2 Å². The molecular weight excluding hydrogens is 1390 g/mol. The summed E-state index contributed by atoms with van der Waals surface area (Å²) in [5.74, 6) is -5.40. The largest absolute Gasteiger partial charge is 0.394 e. The zero-order chi connectivity index (χ0) is 38.7. The molecule has 22 nitrogen and oxygen atoms in total. The van der Waals surface area contributed by atoms with Crippen molar-refractivity contribution >= 4 is 109 Å². The van der Waals surface area contributed by atoms with Crippen molar-refractivity contribution in [1.82, 2.24) is 0 Å². The molecular formula is C20H43I6O22S-. The molecule has 304 valence electrons. The van der Waals surface area contributed by atoms with Gasteiger partial charge in [0.25, 0.3) is 0 Å². The fourth-order valence-electron chi connectivity index (χ4n) is 3.77. The van der Waals surface area contributed by atoms with Crippen LogP contribution in [0, 0.1) is 0 Å². The van der Waals surface area contributed by atoms with E-state index >= 15 is 0 Å². The molecule has 3 aliphatic heterocycles. The van der Waals surface area contributed by atoms with Crippen LogP contribution in [-0.4, -0.2) is 210 Å². The van der Waals surface area contributed by atoms with Crippen LogP contribution in [0.25, 0.3) is 0 Å². The summed E-state index contributed by atoms with van der Waals surface area (Å²) < 4.78 is 55.7. The number of ether oxygens (including phenoxy) is 5. The van der Waals surface area contributed by atoms with E-state index in [0.29, 0.717) is 13.3 Å². The van der Waals surface area contributed by atoms with E-state index in [9.17, 15) is 25.5 Å². The maximum Gasteiger partial charge on any atom is 0.394 e. The first-order valence-corrected chi connectivity index (χ1v) is 32.7. The molecule has 0 spiro atoms. The Kier molecular flexibility index (Phi) is 35.9. The molecule has 0 amide bonds. The standard InChI is InChI=1S/2C7H14O6.C6H12O6.I3.I2.HI.H2O4S/c2*1-12-7(3-9)6(11)5(10)4(2-8)13-7;7-2-6(11)5(10)4(9)3(8)1-12-6;1-3-2;1-2;;1-5(2,3)4/h2*4-6,8-11H,2-3H2,1H3;3-5,7-11H,1-2H2;;;1H;(H2,1,2,3,4)/q;;;-1;;;/t4-,5-,6+,7+;4-,5-,6+,7-;3-,4+,5?,6-;;;;/m111..../s1. The Balaban J connectivity index is -0.000000270. The summed E-state index contributed by atoms with van der Waals surface area (Å²) >= 11 is 9.54. The van der Waals surface area contributed by atoms with Crippen molar-refractivity contribution in [1.29, 1.82) is 0 Å². The third-order valence-electron chi connectivity index (χ3n) is 6.41. The van der Waals surface area contributed by atoms with Gasteiger partial charge >= 0.3 is 60.9 Å². The van der Waals surface area contributed by atoms with Gasteiger partial charge in [-0.1, -0.05) is 0 Å². The van der Waals surface area contributed by atoms with E-state index in [4.69, 9.17) is 77.3 Å². The molecule has 3 heterocycles. The summed E-state index contributed by atoms with van der Waals surface area (Å²) in [6.07, 6.45) is -11.5. The van der Waals surface area contributed by atoms with Crippen LogP contribution >= 0.6 is 98.4 Å². The summed E-state index contributed by atoms with van der Waals surface area (Å²) in [6, 6.07) is 0. The van der Waals surface area contributed by atoms with Gasteiger partial charge < -0.3 is 90.1 Å². The maximum absolute atomic E-state index is 9.44. The molecule has 3 fully saturated rings. The normalized spacial score (nSPS) is 37.9. The van der Waals surface area contributed by atoms with Gasteiger partial charge in [0.05, 0.1) is 26.4 Å². The molecule has 29 heteroatoms. The molecule has 0 bridgehead atoms. The fraction of sp³-hybridized carbons (Fsp3) is 1.00. The molecule has 49 heavy (non-hydrogen) atoms. The second-order valence-electron chi connectivity index (χ2n) is 9.22. The van der Waals surface area contributed by atoms with Crippen molar-refractivity contribution < 1.29 is 121 Å². The van der Waals surface area contributed by atoms with E-state index in [2.05, 4.69) is 79.2 Å². The predicted molar refractivity (Wildman–Crippen MR) is 203 cm³/mol. The second kappa shape index (κ2) is 29.7. The summed E-state index contributed by atoms with van der Waals surface area (Å²) in [5.41, 5.74) is 0. The number of aliphatic hydroxyl groups is 13. The molecule has 0 aliphatic carbocycles. The van der Waals surface area contributed by atoms with Crippen LogP contribution in [0.4, 0.5) is 0 Å². The number of rotatable bonds is 7. The Morgan fingerprint density at radius 3 is 1.20 bits per heavy atom. The Hall–Kier alpha value is 3.53. The monoisotopic (exact) mass is 1430 g/mol. The zero-order valence-corrected chi connectivity index (χ0v) is 39.1. The van der Waals surface area contributed by atoms with E-state index in [-0.39, 0.29) is 30.6 Å². The summed E-state index contributed by atoms with van der Waals surface area (Å²) in [5, 5.41) is 118. The molecule has 3 aliphatic rings. The first-order chi connectivity index (χ1) is 22.1. The topological polar surface area (TPSA) is 384 Å². The van der Waals surface area contributed by atoms with E-state index in [0.717, 1.165) is 0 Å². The third-order valence-corrected chi connectivity index (χ3v) is 6.41. The minimum atomic E-state index is -4.67. The van der Waals surface area contributed by atoms with Gasteiger partial charge in [0, 0.05) is 51.5 Å². The summed E-state index contributed by atoms with van der Waals surface area (Å²) in [7, 11) is -2.18. The van der Waals surface area contributed by atoms with E-state index < -0.39 is 116 Å². The second-order valence-corrected chi connectivity index (χ2v) is 26.4. The van der Waals surface area contributed by atoms with Crippen LogP contribution in [0.5, 0.6) is 0 Å². The van der Waals surface area contributed by atoms with Gasteiger partial charge in [0.2, 0.25) is 17.4 Å². The number of aliphatic hydroxyl groups excluding tert-OH is 12. The van der Waals surface area contributed by atoms with Crippen LogP contribution in [0.2, 0.25) is 0 Å². The minimum Gasteiger partial charge on any atom is -0.391 e. The molecule has 3 rings (SSSR count). The Morgan fingerprint density at radius 2 is 1.02 bits per heavy atom. The SMILES string of the molecule is CO[C@@]1(CO)O[C@H](CO)[C@@H](O)[C@@H]1O.CO[C@]1(CO)O[C@H](CO)[C@@H](O)[C@@H]1O.I.II.I[I-]I.O=S(=O)(O)O.OC[C@@]1(O)OC[C@@H](O)[C@H](O)C1O. The molecule has 3 saturated heterocycles. The van der Waals surface area contributed by atoms with Crippen LogP contribution in [-0.2, 0) is 34.1 Å². The maximum atomic E-state index is 9.44. The molecule has 1 unspecified atom stereocenters. The average molecular weight is 1430 g/mol. The van der Waals surface area contributed by atoms with Gasteiger partial charge in [-0.3, -0.25) is 9.11 Å². The van der Waals surface area contributed by atoms with Crippen molar-refractivity contribution in [3.63, 3.8) is 0 Å². The van der Waals surface area contributed by atoms with Crippen molar-refractivity contribution in [2.75, 3.05) is 53.9 Å². The number of hydrogen-bond acceptors (Lipinski definition) is 20. The third kappa shape index (κ3) is 19.5. The van der Waals surface area contributed by atoms with Crippen LogP contribution < -0.4 is 13.3 Å². The molecule has 0 radical (unpaired) electrons. The number of hydrogen-bond donors (Lipinski definition) is 15. The van der Waals surface area contributed by atoms with E-state index in [1.807, 2.05) is 0 Å². The van der Waals surface area contributed by atoms with E-state index in [1.54, 1.807) is 0 Å². The van der Waals surface area contributed by atoms with Crippen molar-refractivity contribution in [2.24, 2.45) is 0 Å². The summed E-state index contributed by atoms with van der Waals surface area (Å²) in [4.78, 5) is 0. The Morgan fingerprint density at radius 1 is 0.714 bits per heavy atom. The molecule has 15 N–H and O–H groups in total. The summed E-state index contributed by atoms with van der Waals surface area (Å²) in [6.45, 7) is -3.21. The van der Waals surface area contributed by atoms with Crippen LogP contribution in [0.15, 0.2) is 0 Å². The van der Waals surface area contributed by atoms with Crippen LogP contribution in [0.3, 0.4) is 0 Å². The average Bonchev–Trinajstić information content (AvgIpc) is 3.47. The number of halogens is 6. The van der Waals surface area contributed by atoms with Crippen molar-refractivity contribution in [3.05, 3.63) is 0 Å². The van der Waals surface area contributed by atoms with Crippen molar-refractivity contribution in [2.45, 2.75) is 72.3 Å². The van der Waals surface area contributed by atoms with Gasteiger partial charge in [0.1, 0.15) is 68.1 Å². The first kappa shape index (κ1) is 59.2. The Bertz CT molecular complexity index is 880. The molecule has 0 aromatic rings. The van der Waals surface area contributed by atoms with Gasteiger partial charge in [-0.2, -0.15) is 8.42 Å². The van der Waals surface area contributed by atoms with Gasteiger partial charge in [-0.15, -0.1) is 24.0 Å². The molecule has 12 atom stereocenters. The molecule has 0 saturated carbocycles. The van der Waals surface area contributed by atoms with Crippen LogP contribution in [0.1, 0.15) is 0 Å². The minimum absolute atomic E-state index is 0. The van der Waals surface area contributed by atoms with Gasteiger partial charge in [-0.25, -0.2) is 0 Å². The smallest absolute Gasteiger partial charge is 0.391 e.